The molecule has 1 saturated carbocycles. The van der Waals surface area contributed by atoms with E-state index in [0.717, 1.165) is 11.1 Å². The first-order valence-corrected chi connectivity index (χ1v) is 6.27. The van der Waals surface area contributed by atoms with Gasteiger partial charge in [-0.05, 0) is 37.0 Å². The van der Waals surface area contributed by atoms with Crippen LogP contribution in [0.1, 0.15) is 30.9 Å². The second-order valence-electron chi connectivity index (χ2n) is 4.59. The Morgan fingerprint density at radius 1 is 1.32 bits per heavy atom. The van der Waals surface area contributed by atoms with E-state index in [1.807, 2.05) is 24.3 Å². The molecular formula is C15H16O4. The van der Waals surface area contributed by atoms with Gasteiger partial charge in [0.15, 0.2) is 0 Å². The predicted molar refractivity (Wildman–Crippen MR) is 70.7 cm³/mol. The highest BCUT2D eigenvalue weighted by molar-refractivity contribution is 5.87. The molecule has 0 aromatic heterocycles. The van der Waals surface area contributed by atoms with Crippen LogP contribution in [0.3, 0.4) is 0 Å². The van der Waals surface area contributed by atoms with Crippen LogP contribution in [0.15, 0.2) is 30.3 Å². The molecule has 4 nitrogen and oxygen atoms in total. The van der Waals surface area contributed by atoms with E-state index in [-0.39, 0.29) is 5.97 Å². The number of rotatable bonds is 5. The normalized spacial score (nSPS) is 16.3. The molecule has 4 heteroatoms. The van der Waals surface area contributed by atoms with Crippen LogP contribution < -0.4 is 0 Å². The van der Waals surface area contributed by atoms with Crippen LogP contribution in [0.5, 0.6) is 0 Å². The summed E-state index contributed by atoms with van der Waals surface area (Å²) in [6.07, 6.45) is 4.41. The largest absolute Gasteiger partial charge is 0.481 e. The van der Waals surface area contributed by atoms with Gasteiger partial charge in [-0.25, -0.2) is 4.79 Å². The van der Waals surface area contributed by atoms with Crippen molar-refractivity contribution >= 4 is 18.0 Å². The molecule has 1 aliphatic carbocycles. The van der Waals surface area contributed by atoms with Gasteiger partial charge < -0.3 is 9.84 Å². The van der Waals surface area contributed by atoms with Crippen molar-refractivity contribution in [3.63, 3.8) is 0 Å². The van der Waals surface area contributed by atoms with Crippen molar-refractivity contribution in [1.29, 1.82) is 0 Å². The fourth-order valence-corrected chi connectivity index (χ4v) is 2.02. The molecule has 1 N–H and O–H groups in total. The van der Waals surface area contributed by atoms with Crippen molar-refractivity contribution in [1.82, 2.24) is 0 Å². The molecule has 0 unspecified atom stereocenters. The first-order valence-electron chi connectivity index (χ1n) is 6.27. The number of carbonyl (C=O) groups excluding carboxylic acids is 1. The molecule has 0 aliphatic heterocycles. The summed E-state index contributed by atoms with van der Waals surface area (Å²) in [4.78, 5) is 22.3. The zero-order valence-corrected chi connectivity index (χ0v) is 10.8. The lowest BCUT2D eigenvalue weighted by atomic mass is 9.95. The van der Waals surface area contributed by atoms with E-state index in [0.29, 0.717) is 19.4 Å². The van der Waals surface area contributed by atoms with Gasteiger partial charge in [0.05, 0.1) is 12.0 Å². The third-order valence-electron chi connectivity index (χ3n) is 3.32. The lowest BCUT2D eigenvalue weighted by Crippen LogP contribution is -2.19. The molecule has 0 amide bonds. The van der Waals surface area contributed by atoms with Gasteiger partial charge in [-0.15, -0.1) is 0 Å². The molecule has 0 radical (unpaired) electrons. The summed E-state index contributed by atoms with van der Waals surface area (Å²) in [5.41, 5.74) is 0.995. The highest BCUT2D eigenvalue weighted by Crippen LogP contribution is 2.48. The van der Waals surface area contributed by atoms with Gasteiger partial charge in [0.1, 0.15) is 0 Å². The summed E-state index contributed by atoms with van der Waals surface area (Å²) in [6, 6.07) is 7.25. The molecule has 19 heavy (non-hydrogen) atoms. The Hall–Kier alpha value is -2.10. The Morgan fingerprint density at radius 3 is 2.42 bits per heavy atom. The topological polar surface area (TPSA) is 63.6 Å². The zero-order chi connectivity index (χ0) is 13.9. The fraction of sp³-hybridized carbons (Fsp3) is 0.333. The molecule has 0 saturated heterocycles. The van der Waals surface area contributed by atoms with Crippen LogP contribution >= 0.6 is 0 Å². The van der Waals surface area contributed by atoms with Crippen LogP contribution in [0, 0.1) is 0 Å². The van der Waals surface area contributed by atoms with Crippen molar-refractivity contribution in [2.24, 2.45) is 0 Å². The van der Waals surface area contributed by atoms with Crippen molar-refractivity contribution in [2.75, 3.05) is 6.61 Å². The lowest BCUT2D eigenvalue weighted by Gasteiger charge is -2.09. The zero-order valence-electron chi connectivity index (χ0n) is 10.8. The lowest BCUT2D eigenvalue weighted by molar-refractivity contribution is -0.140. The summed E-state index contributed by atoms with van der Waals surface area (Å²) >= 11 is 0. The number of hydrogen-bond acceptors (Lipinski definition) is 3. The monoisotopic (exact) mass is 260 g/mol. The summed E-state index contributed by atoms with van der Waals surface area (Å²) in [5.74, 6) is -1.14. The minimum Gasteiger partial charge on any atom is -0.481 e. The number of carboxylic acid groups (broad SMARTS) is 1. The average molecular weight is 260 g/mol. The van der Waals surface area contributed by atoms with Gasteiger partial charge in [-0.3, -0.25) is 4.79 Å². The Labute approximate surface area is 111 Å². The van der Waals surface area contributed by atoms with Crippen molar-refractivity contribution in [3.05, 3.63) is 41.5 Å². The standard InChI is InChI=1S/C15H16O4/c1-2-19-13(16)8-5-11-3-6-12(7-4-11)15(9-10-15)14(17)18/h3-8H,2,9-10H2,1H3,(H,17,18). The fourth-order valence-electron chi connectivity index (χ4n) is 2.02. The average Bonchev–Trinajstić information content (AvgIpc) is 3.19. The minimum atomic E-state index is -0.762. The van der Waals surface area contributed by atoms with E-state index in [9.17, 15) is 14.7 Å². The predicted octanol–water partition coefficient (Wildman–Crippen LogP) is 2.38. The maximum absolute atomic E-state index is 11.2. The number of benzene rings is 1. The highest BCUT2D eigenvalue weighted by atomic mass is 16.5. The second kappa shape index (κ2) is 5.26. The number of carboxylic acids is 1. The van der Waals surface area contributed by atoms with Crippen molar-refractivity contribution in [2.45, 2.75) is 25.2 Å². The molecule has 100 valence electrons. The first kappa shape index (κ1) is 13.3. The molecule has 0 atom stereocenters. The van der Waals surface area contributed by atoms with Gasteiger partial charge in [0.2, 0.25) is 0 Å². The van der Waals surface area contributed by atoms with Gasteiger partial charge in [0.25, 0.3) is 0 Å². The molecule has 2 rings (SSSR count). The Balaban J connectivity index is 2.07. The molecule has 1 aromatic rings. The van der Waals surface area contributed by atoms with Gasteiger partial charge in [0, 0.05) is 6.08 Å². The van der Waals surface area contributed by atoms with E-state index >= 15 is 0 Å². The van der Waals surface area contributed by atoms with E-state index < -0.39 is 11.4 Å². The Morgan fingerprint density at radius 2 is 1.95 bits per heavy atom. The third-order valence-corrected chi connectivity index (χ3v) is 3.32. The summed E-state index contributed by atoms with van der Waals surface area (Å²) in [6.45, 7) is 2.10. The maximum atomic E-state index is 11.2. The van der Waals surface area contributed by atoms with E-state index in [2.05, 4.69) is 0 Å². The van der Waals surface area contributed by atoms with Crippen LogP contribution in [0.25, 0.3) is 6.08 Å². The van der Waals surface area contributed by atoms with Gasteiger partial charge in [-0.1, -0.05) is 24.3 Å². The highest BCUT2D eigenvalue weighted by Gasteiger charge is 2.51. The molecule has 0 bridgehead atoms. The van der Waals surface area contributed by atoms with Crippen molar-refractivity contribution in [3.8, 4) is 0 Å². The summed E-state index contributed by atoms with van der Waals surface area (Å²) < 4.78 is 4.78. The maximum Gasteiger partial charge on any atom is 0.330 e. The summed E-state index contributed by atoms with van der Waals surface area (Å²) in [5, 5.41) is 9.19. The molecular weight excluding hydrogens is 244 g/mol. The van der Waals surface area contributed by atoms with Crippen LogP contribution in [-0.4, -0.2) is 23.7 Å². The summed E-state index contributed by atoms with van der Waals surface area (Å²) in [7, 11) is 0. The smallest absolute Gasteiger partial charge is 0.330 e. The van der Waals surface area contributed by atoms with Crippen LogP contribution in [-0.2, 0) is 19.7 Å². The van der Waals surface area contributed by atoms with E-state index in [4.69, 9.17) is 4.74 Å². The molecule has 1 aromatic carbocycles. The number of carbonyl (C=O) groups is 2. The number of esters is 1. The van der Waals surface area contributed by atoms with Gasteiger partial charge >= 0.3 is 11.9 Å². The van der Waals surface area contributed by atoms with E-state index in [1.165, 1.54) is 6.08 Å². The quantitative estimate of drug-likeness (QED) is 0.652. The van der Waals surface area contributed by atoms with Crippen molar-refractivity contribution < 1.29 is 19.4 Å². The minimum absolute atomic E-state index is 0.350. The number of aliphatic carboxylic acids is 1. The van der Waals surface area contributed by atoms with Gasteiger partial charge in [-0.2, -0.15) is 0 Å². The molecule has 1 aliphatic rings. The second-order valence-corrected chi connectivity index (χ2v) is 4.59. The molecule has 1 fully saturated rings. The SMILES string of the molecule is CCOC(=O)C=Cc1ccc(C2(C(=O)O)CC2)cc1. The Kier molecular flexibility index (Phi) is 3.69. The number of hydrogen-bond donors (Lipinski definition) is 1. The molecule has 0 heterocycles. The van der Waals surface area contributed by atoms with Crippen LogP contribution in [0.4, 0.5) is 0 Å². The van der Waals surface area contributed by atoms with E-state index in [1.54, 1.807) is 13.0 Å². The number of ether oxygens (including phenoxy) is 1. The molecule has 0 spiro atoms. The Bertz CT molecular complexity index is 509. The third kappa shape index (κ3) is 2.84. The van der Waals surface area contributed by atoms with Crippen LogP contribution in [0.2, 0.25) is 0 Å². The first-order chi connectivity index (χ1) is 9.08.